The van der Waals surface area contributed by atoms with Gasteiger partial charge < -0.3 is 14.8 Å². The number of aromatic nitrogens is 3. The Kier molecular flexibility index (Phi) is 6.47. The molecule has 2 saturated heterocycles. The summed E-state index contributed by atoms with van der Waals surface area (Å²) in [4.78, 5) is 35.4. The Labute approximate surface area is 235 Å². The number of imidazole rings is 1. The van der Waals surface area contributed by atoms with Crippen molar-refractivity contribution in [2.75, 3.05) is 31.1 Å². The molecule has 0 bridgehead atoms. The number of carbonyl (C=O) groups is 1. The van der Waals surface area contributed by atoms with Gasteiger partial charge in [-0.05, 0) is 67.9 Å². The lowest BCUT2D eigenvalue weighted by Gasteiger charge is -2.32. The number of hydrogen-bond donors (Lipinski definition) is 1. The first-order valence-corrected chi connectivity index (χ1v) is 14.7. The van der Waals surface area contributed by atoms with Gasteiger partial charge in [0.05, 0.1) is 17.2 Å². The molecular formula is C33H35N6O+. The van der Waals surface area contributed by atoms with Gasteiger partial charge in [-0.1, -0.05) is 29.1 Å². The third-order valence-corrected chi connectivity index (χ3v) is 8.61. The number of fused-ring (bicyclic) bond motifs is 1. The third-order valence-electron chi connectivity index (χ3n) is 8.61. The fourth-order valence-corrected chi connectivity index (χ4v) is 5.94. The maximum absolute atomic E-state index is 13.6. The number of aryl methyl sites for hydroxylation is 1. The molecule has 0 unspecified atom stereocenters. The van der Waals surface area contributed by atoms with Crippen molar-refractivity contribution in [2.24, 2.45) is 0 Å². The third kappa shape index (κ3) is 5.06. The normalized spacial score (nSPS) is 17.7. The number of amides is 1. The predicted molar refractivity (Wildman–Crippen MR) is 159 cm³/mol. The fraction of sp³-hybridized carbons (Fsp3) is 0.394. The van der Waals surface area contributed by atoms with Crippen molar-refractivity contribution in [2.45, 2.75) is 57.4 Å². The minimum atomic E-state index is 0.105. The average molecular weight is 532 g/mol. The first-order valence-electron chi connectivity index (χ1n) is 14.7. The maximum Gasteiger partial charge on any atom is 0.311 e. The molecule has 0 atom stereocenters. The van der Waals surface area contributed by atoms with E-state index in [1.165, 1.54) is 31.2 Å². The lowest BCUT2D eigenvalue weighted by molar-refractivity contribution is 0.0712. The van der Waals surface area contributed by atoms with Crippen LogP contribution >= 0.6 is 0 Å². The molecule has 40 heavy (non-hydrogen) atoms. The number of nitrogens with zero attached hydrogens (tertiary/aromatic N) is 5. The lowest BCUT2D eigenvalue weighted by Crippen LogP contribution is -2.38. The molecule has 2 aliphatic heterocycles. The summed E-state index contributed by atoms with van der Waals surface area (Å²) in [5.74, 6) is 2.34. The highest BCUT2D eigenvalue weighted by Crippen LogP contribution is 2.31. The van der Waals surface area contributed by atoms with Crippen molar-refractivity contribution >= 4 is 22.8 Å². The highest BCUT2D eigenvalue weighted by atomic mass is 16.2. The Balaban J connectivity index is 1.04. The second-order valence-electron chi connectivity index (χ2n) is 11.5. The van der Waals surface area contributed by atoms with Crippen molar-refractivity contribution in [3.63, 3.8) is 0 Å². The van der Waals surface area contributed by atoms with Crippen LogP contribution in [0.1, 0.15) is 71.5 Å². The average Bonchev–Trinajstić information content (AvgIpc) is 3.47. The van der Waals surface area contributed by atoms with E-state index >= 15 is 0 Å². The molecule has 0 radical (unpaired) electrons. The van der Waals surface area contributed by atoms with Gasteiger partial charge in [-0.15, -0.1) is 0 Å². The van der Waals surface area contributed by atoms with Crippen LogP contribution in [0.25, 0.3) is 27.3 Å². The number of rotatable bonds is 4. The summed E-state index contributed by atoms with van der Waals surface area (Å²) in [7, 11) is 0. The summed E-state index contributed by atoms with van der Waals surface area (Å²) >= 11 is 0. The summed E-state index contributed by atoms with van der Waals surface area (Å²) in [6, 6.07) is 20.5. The standard InChI is InChI=1S/C33H35N6O/c1-22-4-7-26(32-36-29-19-31(35-21-30(29)37-32)38-14-2-3-15-38)18-28(22)33(40)39-16-12-25(13-17-39)24-8-5-23(6-9-24)20-34-27-10-11-27/h4-9,18-19,21,25,27H,2-3,10-17H2,1H3,(H,36,37)/q+1. The minimum Gasteiger partial charge on any atom is -0.357 e. The van der Waals surface area contributed by atoms with Crippen LogP contribution in [0.4, 0.5) is 5.82 Å². The van der Waals surface area contributed by atoms with Gasteiger partial charge in [-0.2, -0.15) is 0 Å². The van der Waals surface area contributed by atoms with Crippen LogP contribution in [0, 0.1) is 13.0 Å². The van der Waals surface area contributed by atoms with E-state index in [9.17, 15) is 4.79 Å². The predicted octanol–water partition coefficient (Wildman–Crippen LogP) is 6.40. The Morgan fingerprint density at radius 3 is 2.50 bits per heavy atom. The molecule has 1 amide bonds. The summed E-state index contributed by atoms with van der Waals surface area (Å²) in [6.07, 6.45) is 8.64. The molecule has 1 saturated carbocycles. The molecule has 2 aromatic carbocycles. The number of aromatic amines is 1. The smallest absolute Gasteiger partial charge is 0.311 e. The molecule has 7 rings (SSSR count). The number of piperidine rings is 1. The second-order valence-corrected chi connectivity index (χ2v) is 11.5. The number of pyridine rings is 1. The summed E-state index contributed by atoms with van der Waals surface area (Å²) in [5, 5.41) is 0. The van der Waals surface area contributed by atoms with Crippen LogP contribution in [-0.4, -0.2) is 58.0 Å². The highest BCUT2D eigenvalue weighted by molar-refractivity contribution is 5.97. The number of H-pyrrole nitrogens is 1. The van der Waals surface area contributed by atoms with Crippen molar-refractivity contribution in [1.29, 1.82) is 0 Å². The molecular weight excluding hydrogens is 496 g/mol. The molecule has 7 heteroatoms. The number of nitrogens with one attached hydrogen (secondary N) is 1. The Morgan fingerprint density at radius 2 is 1.75 bits per heavy atom. The molecule has 7 nitrogen and oxygen atoms in total. The number of benzene rings is 2. The largest absolute Gasteiger partial charge is 0.357 e. The van der Waals surface area contributed by atoms with Crippen LogP contribution in [0.3, 0.4) is 0 Å². The fourth-order valence-electron chi connectivity index (χ4n) is 5.94. The van der Waals surface area contributed by atoms with Gasteiger partial charge in [-0.3, -0.25) is 4.79 Å². The molecule has 4 heterocycles. The molecule has 1 aliphatic carbocycles. The van der Waals surface area contributed by atoms with Gasteiger partial charge in [0.2, 0.25) is 0 Å². The Bertz CT molecular complexity index is 1610. The first-order chi connectivity index (χ1) is 19.6. The van der Waals surface area contributed by atoms with E-state index in [0.29, 0.717) is 12.0 Å². The van der Waals surface area contributed by atoms with Gasteiger partial charge in [0.25, 0.3) is 11.9 Å². The van der Waals surface area contributed by atoms with Crippen molar-refractivity contribution < 1.29 is 4.79 Å². The topological polar surface area (TPSA) is 69.5 Å². The first kappa shape index (κ1) is 24.8. The highest BCUT2D eigenvalue weighted by Gasteiger charge is 2.32. The monoisotopic (exact) mass is 531 g/mol. The van der Waals surface area contributed by atoms with Gasteiger partial charge in [0.15, 0.2) is 0 Å². The van der Waals surface area contributed by atoms with Crippen LogP contribution < -0.4 is 4.90 Å². The molecule has 2 aromatic heterocycles. The van der Waals surface area contributed by atoms with Crippen LogP contribution in [0.5, 0.6) is 0 Å². The van der Waals surface area contributed by atoms with Gasteiger partial charge >= 0.3 is 6.07 Å². The number of likely N-dealkylation sites (tertiary alicyclic amines) is 1. The summed E-state index contributed by atoms with van der Waals surface area (Å²) in [5.41, 5.74) is 6.87. The summed E-state index contributed by atoms with van der Waals surface area (Å²) < 4.78 is 0. The van der Waals surface area contributed by atoms with E-state index in [2.05, 4.69) is 56.1 Å². The van der Waals surface area contributed by atoms with Crippen LogP contribution in [0.15, 0.2) is 54.7 Å². The van der Waals surface area contributed by atoms with Crippen molar-refractivity contribution in [3.8, 4) is 17.5 Å². The van der Waals surface area contributed by atoms with Gasteiger partial charge in [0, 0.05) is 56.2 Å². The molecule has 3 fully saturated rings. The minimum absolute atomic E-state index is 0.105. The van der Waals surface area contributed by atoms with E-state index in [1.807, 2.05) is 36.2 Å². The molecule has 0 spiro atoms. The van der Waals surface area contributed by atoms with Crippen molar-refractivity contribution in [3.05, 3.63) is 81.8 Å². The van der Waals surface area contributed by atoms with E-state index in [-0.39, 0.29) is 5.91 Å². The van der Waals surface area contributed by atoms with Gasteiger partial charge in [0.1, 0.15) is 17.2 Å². The number of carbonyl (C=O) groups excluding carboxylic acids is 1. The van der Waals surface area contributed by atoms with E-state index < -0.39 is 0 Å². The SMILES string of the molecule is Cc1ccc(-c2nc3cc(N4CCCC4)ncc3[nH]2)cc1C(=O)N1CCC(c2ccc(C#[N+]C3CC3)cc2)CC1. The summed E-state index contributed by atoms with van der Waals surface area (Å²) in [6.45, 7) is 5.65. The van der Waals surface area contributed by atoms with E-state index in [0.717, 1.165) is 84.0 Å². The van der Waals surface area contributed by atoms with Crippen molar-refractivity contribution in [1.82, 2.24) is 19.9 Å². The lowest BCUT2D eigenvalue weighted by atomic mass is 9.88. The molecule has 4 aromatic rings. The Hall–Kier alpha value is -4.18. The zero-order valence-corrected chi connectivity index (χ0v) is 23.1. The number of anilines is 1. The molecule has 3 aliphatic rings. The zero-order chi connectivity index (χ0) is 27.1. The molecule has 202 valence electrons. The van der Waals surface area contributed by atoms with Crippen LogP contribution in [0.2, 0.25) is 0 Å². The number of hydrogen-bond acceptors (Lipinski definition) is 4. The van der Waals surface area contributed by atoms with Crippen LogP contribution in [-0.2, 0) is 0 Å². The zero-order valence-electron chi connectivity index (χ0n) is 23.1. The maximum atomic E-state index is 13.6. The van der Waals surface area contributed by atoms with Gasteiger partial charge in [-0.25, -0.2) is 9.97 Å². The quantitative estimate of drug-likeness (QED) is 0.331. The Morgan fingerprint density at radius 1 is 0.975 bits per heavy atom. The van der Waals surface area contributed by atoms with E-state index in [4.69, 9.17) is 4.98 Å². The van der Waals surface area contributed by atoms with E-state index in [1.54, 1.807) is 0 Å². The second kappa shape index (κ2) is 10.4. The molecule has 1 N–H and O–H groups in total.